The van der Waals surface area contributed by atoms with Gasteiger partial charge in [-0.15, -0.1) is 0 Å². The summed E-state index contributed by atoms with van der Waals surface area (Å²) in [5.41, 5.74) is 1.48. The number of halogens is 1. The van der Waals surface area contributed by atoms with Crippen molar-refractivity contribution in [3.63, 3.8) is 0 Å². The molecule has 0 aliphatic rings. The molecular formula is C18H19IN2O3. The lowest BCUT2D eigenvalue weighted by Crippen LogP contribution is -2.26. The number of carbonyl (C=O) groups excluding carboxylic acids is 2. The van der Waals surface area contributed by atoms with Gasteiger partial charge in [-0.1, -0.05) is 12.1 Å². The summed E-state index contributed by atoms with van der Waals surface area (Å²) in [5, 5.41) is 5.63. The zero-order chi connectivity index (χ0) is 17.4. The van der Waals surface area contributed by atoms with E-state index in [2.05, 4.69) is 33.2 Å². The monoisotopic (exact) mass is 438 g/mol. The highest BCUT2D eigenvalue weighted by Gasteiger charge is 2.13. The number of anilines is 1. The van der Waals surface area contributed by atoms with Crippen molar-refractivity contribution in [1.82, 2.24) is 5.32 Å². The Hall–Kier alpha value is -1.93. The van der Waals surface area contributed by atoms with Gasteiger partial charge in [0.2, 0.25) is 0 Å². The number of rotatable bonds is 7. The van der Waals surface area contributed by atoms with Crippen LogP contribution in [0.1, 0.15) is 27.1 Å². The summed E-state index contributed by atoms with van der Waals surface area (Å²) in [6.07, 6.45) is 0.736. The Morgan fingerprint density at radius 2 is 1.75 bits per heavy atom. The number of methoxy groups -OCH3 is 1. The van der Waals surface area contributed by atoms with Gasteiger partial charge in [0.25, 0.3) is 11.8 Å². The topological polar surface area (TPSA) is 67.4 Å². The lowest BCUT2D eigenvalue weighted by atomic mass is 10.1. The molecule has 0 saturated carbocycles. The predicted molar refractivity (Wildman–Crippen MR) is 102 cm³/mol. The highest BCUT2D eigenvalue weighted by atomic mass is 127. The van der Waals surface area contributed by atoms with Gasteiger partial charge in [0.05, 0.1) is 11.3 Å². The molecule has 0 heterocycles. The lowest BCUT2D eigenvalue weighted by molar-refractivity contribution is 0.0949. The fourth-order valence-electron chi connectivity index (χ4n) is 2.10. The van der Waals surface area contributed by atoms with E-state index in [1.165, 1.54) is 0 Å². The Kier molecular flexibility index (Phi) is 7.20. The van der Waals surface area contributed by atoms with E-state index in [9.17, 15) is 9.59 Å². The molecule has 5 nitrogen and oxygen atoms in total. The smallest absolute Gasteiger partial charge is 0.255 e. The van der Waals surface area contributed by atoms with Crippen LogP contribution < -0.4 is 10.6 Å². The zero-order valence-electron chi connectivity index (χ0n) is 13.3. The van der Waals surface area contributed by atoms with Crippen LogP contribution in [-0.2, 0) is 4.74 Å². The molecule has 0 aromatic heterocycles. The van der Waals surface area contributed by atoms with E-state index in [1.807, 2.05) is 12.1 Å². The van der Waals surface area contributed by atoms with Gasteiger partial charge < -0.3 is 15.4 Å². The Balaban J connectivity index is 2.06. The molecule has 0 spiro atoms. The van der Waals surface area contributed by atoms with E-state index in [1.54, 1.807) is 43.5 Å². The summed E-state index contributed by atoms with van der Waals surface area (Å²) in [5.74, 6) is -0.462. The molecule has 0 radical (unpaired) electrons. The largest absolute Gasteiger partial charge is 0.385 e. The highest BCUT2D eigenvalue weighted by molar-refractivity contribution is 14.1. The first-order valence-corrected chi connectivity index (χ1v) is 8.63. The lowest BCUT2D eigenvalue weighted by Gasteiger charge is -2.11. The quantitative estimate of drug-likeness (QED) is 0.515. The number of ether oxygens (including phenoxy) is 1. The fraction of sp³-hybridized carbons (Fsp3) is 0.222. The molecule has 0 fully saturated rings. The fourth-order valence-corrected chi connectivity index (χ4v) is 2.46. The Labute approximate surface area is 154 Å². The van der Waals surface area contributed by atoms with Crippen molar-refractivity contribution in [2.24, 2.45) is 0 Å². The van der Waals surface area contributed by atoms with E-state index in [0.717, 1.165) is 9.99 Å². The van der Waals surface area contributed by atoms with Gasteiger partial charge in [-0.3, -0.25) is 9.59 Å². The van der Waals surface area contributed by atoms with E-state index in [4.69, 9.17) is 4.74 Å². The molecule has 126 valence electrons. The van der Waals surface area contributed by atoms with E-state index >= 15 is 0 Å². The average molecular weight is 438 g/mol. The third kappa shape index (κ3) is 5.31. The normalized spacial score (nSPS) is 10.2. The SMILES string of the molecule is COCCCNC(=O)c1ccccc1NC(=O)c1ccc(I)cc1. The Morgan fingerprint density at radius 3 is 2.46 bits per heavy atom. The molecule has 0 saturated heterocycles. The second-order valence-electron chi connectivity index (χ2n) is 5.11. The summed E-state index contributed by atoms with van der Waals surface area (Å²) >= 11 is 2.18. The number of para-hydroxylation sites is 1. The number of amides is 2. The number of nitrogens with one attached hydrogen (secondary N) is 2. The second kappa shape index (κ2) is 9.39. The molecule has 2 aromatic carbocycles. The van der Waals surface area contributed by atoms with E-state index < -0.39 is 0 Å². The molecule has 0 aliphatic carbocycles. The van der Waals surface area contributed by atoms with Crippen LogP contribution in [0.4, 0.5) is 5.69 Å². The summed E-state index contributed by atoms with van der Waals surface area (Å²) < 4.78 is 6.01. The minimum absolute atomic E-state index is 0.218. The van der Waals surface area contributed by atoms with Crippen LogP contribution >= 0.6 is 22.6 Å². The van der Waals surface area contributed by atoms with Crippen molar-refractivity contribution < 1.29 is 14.3 Å². The van der Waals surface area contributed by atoms with Gasteiger partial charge >= 0.3 is 0 Å². The van der Waals surface area contributed by atoms with Gasteiger partial charge in [-0.25, -0.2) is 0 Å². The maximum Gasteiger partial charge on any atom is 0.255 e. The minimum atomic E-state index is -0.244. The van der Waals surface area contributed by atoms with Gasteiger partial charge in [0.15, 0.2) is 0 Å². The molecule has 2 N–H and O–H groups in total. The van der Waals surface area contributed by atoms with Crippen molar-refractivity contribution in [3.05, 3.63) is 63.2 Å². The predicted octanol–water partition coefficient (Wildman–Crippen LogP) is 3.31. The maximum atomic E-state index is 12.3. The molecule has 0 unspecified atom stereocenters. The van der Waals surface area contributed by atoms with Gasteiger partial charge in [-0.05, 0) is 65.4 Å². The molecule has 24 heavy (non-hydrogen) atoms. The minimum Gasteiger partial charge on any atom is -0.385 e. The van der Waals surface area contributed by atoms with Crippen molar-refractivity contribution in [2.75, 3.05) is 25.6 Å². The summed E-state index contributed by atoms with van der Waals surface area (Å²) in [6.45, 7) is 1.11. The van der Waals surface area contributed by atoms with Crippen LogP contribution in [0.3, 0.4) is 0 Å². The van der Waals surface area contributed by atoms with Gasteiger partial charge in [-0.2, -0.15) is 0 Å². The first-order chi connectivity index (χ1) is 11.6. The number of hydrogen-bond donors (Lipinski definition) is 2. The highest BCUT2D eigenvalue weighted by Crippen LogP contribution is 2.17. The van der Waals surface area contributed by atoms with Crippen molar-refractivity contribution in [2.45, 2.75) is 6.42 Å². The maximum absolute atomic E-state index is 12.3. The van der Waals surface area contributed by atoms with Gasteiger partial charge in [0.1, 0.15) is 0 Å². The zero-order valence-corrected chi connectivity index (χ0v) is 15.5. The molecule has 0 atom stereocenters. The second-order valence-corrected chi connectivity index (χ2v) is 6.35. The van der Waals surface area contributed by atoms with Crippen molar-refractivity contribution in [1.29, 1.82) is 0 Å². The standard InChI is InChI=1S/C18H19IN2O3/c1-24-12-4-11-20-18(23)15-5-2-3-6-16(15)21-17(22)13-7-9-14(19)10-8-13/h2-3,5-10H,4,11-12H2,1H3,(H,20,23)(H,21,22). The molecule has 0 bridgehead atoms. The summed E-state index contributed by atoms with van der Waals surface area (Å²) in [7, 11) is 1.62. The molecule has 2 amide bonds. The first kappa shape index (κ1) is 18.4. The molecular weight excluding hydrogens is 419 g/mol. The van der Waals surface area contributed by atoms with E-state index in [0.29, 0.717) is 30.0 Å². The third-order valence-corrected chi connectivity index (χ3v) is 4.06. The summed E-state index contributed by atoms with van der Waals surface area (Å²) in [6, 6.07) is 14.2. The average Bonchev–Trinajstić information content (AvgIpc) is 2.59. The van der Waals surface area contributed by atoms with Crippen LogP contribution in [0.5, 0.6) is 0 Å². The number of carbonyl (C=O) groups is 2. The molecule has 0 aliphatic heterocycles. The van der Waals surface area contributed by atoms with Crippen LogP contribution in [0.15, 0.2) is 48.5 Å². The Bertz CT molecular complexity index is 702. The van der Waals surface area contributed by atoms with Crippen LogP contribution in [-0.4, -0.2) is 32.1 Å². The third-order valence-electron chi connectivity index (χ3n) is 3.34. The number of hydrogen-bond acceptors (Lipinski definition) is 3. The molecule has 2 aromatic rings. The molecule has 2 rings (SSSR count). The Morgan fingerprint density at radius 1 is 1.04 bits per heavy atom. The van der Waals surface area contributed by atoms with E-state index in [-0.39, 0.29) is 11.8 Å². The summed E-state index contributed by atoms with van der Waals surface area (Å²) in [4.78, 5) is 24.6. The van der Waals surface area contributed by atoms with Crippen LogP contribution in [0.2, 0.25) is 0 Å². The van der Waals surface area contributed by atoms with Crippen molar-refractivity contribution >= 4 is 40.1 Å². The molecule has 6 heteroatoms. The first-order valence-electron chi connectivity index (χ1n) is 7.55. The van der Waals surface area contributed by atoms with Crippen LogP contribution in [0.25, 0.3) is 0 Å². The number of benzene rings is 2. The van der Waals surface area contributed by atoms with Crippen molar-refractivity contribution in [3.8, 4) is 0 Å². The van der Waals surface area contributed by atoms with Gasteiger partial charge in [0, 0.05) is 29.4 Å². The van der Waals surface area contributed by atoms with Crippen LogP contribution in [0, 0.1) is 3.57 Å².